The lowest BCUT2D eigenvalue weighted by Gasteiger charge is -2.12. The second kappa shape index (κ2) is 9.65. The number of thioether (sulfide) groups is 1. The van der Waals surface area contributed by atoms with Crippen molar-refractivity contribution in [2.24, 2.45) is 5.10 Å². The molecule has 1 aliphatic heterocycles. The van der Waals surface area contributed by atoms with Crippen molar-refractivity contribution in [3.63, 3.8) is 0 Å². The maximum atomic E-state index is 12.3. The third-order valence-electron chi connectivity index (χ3n) is 4.72. The topological polar surface area (TPSA) is 84.8 Å². The van der Waals surface area contributed by atoms with Gasteiger partial charge in [0.2, 0.25) is 0 Å². The summed E-state index contributed by atoms with van der Waals surface area (Å²) in [6.45, 7) is 4.02. The van der Waals surface area contributed by atoms with Crippen LogP contribution in [-0.2, 0) is 20.7 Å². The number of hydrazone groups is 1. The fourth-order valence-corrected chi connectivity index (χ4v) is 3.60. The molecular formula is C21H24N4O3S. The van der Waals surface area contributed by atoms with Crippen molar-refractivity contribution >= 4 is 29.4 Å². The minimum absolute atomic E-state index is 0.176. The van der Waals surface area contributed by atoms with Crippen LogP contribution >= 0.6 is 11.8 Å². The van der Waals surface area contributed by atoms with Gasteiger partial charge in [-0.05, 0) is 37.7 Å². The molecule has 1 aromatic carbocycles. The van der Waals surface area contributed by atoms with Crippen molar-refractivity contribution in [2.75, 3.05) is 19.4 Å². The van der Waals surface area contributed by atoms with Crippen molar-refractivity contribution in [1.29, 1.82) is 0 Å². The summed E-state index contributed by atoms with van der Waals surface area (Å²) >= 11 is 1.49. The second-order valence-corrected chi connectivity index (χ2v) is 7.47. The van der Waals surface area contributed by atoms with Gasteiger partial charge in [0.25, 0.3) is 5.91 Å². The van der Waals surface area contributed by atoms with Crippen molar-refractivity contribution in [2.45, 2.75) is 38.3 Å². The lowest BCUT2D eigenvalue weighted by atomic mass is 10.1. The number of hydrogen-bond acceptors (Lipinski definition) is 7. The highest BCUT2D eigenvalue weighted by Gasteiger charge is 2.22. The van der Waals surface area contributed by atoms with Gasteiger partial charge in [-0.25, -0.2) is 15.0 Å². The van der Waals surface area contributed by atoms with Gasteiger partial charge in [0, 0.05) is 24.2 Å². The van der Waals surface area contributed by atoms with Crippen molar-refractivity contribution < 1.29 is 14.3 Å². The van der Waals surface area contributed by atoms with E-state index in [1.54, 1.807) is 0 Å². The van der Waals surface area contributed by atoms with E-state index >= 15 is 0 Å². The van der Waals surface area contributed by atoms with Crippen LogP contribution < -0.4 is 0 Å². The zero-order chi connectivity index (χ0) is 20.8. The molecule has 0 aliphatic carbocycles. The van der Waals surface area contributed by atoms with E-state index in [2.05, 4.69) is 15.1 Å². The molecule has 152 valence electrons. The average Bonchev–Trinajstić information content (AvgIpc) is 3.22. The van der Waals surface area contributed by atoms with Gasteiger partial charge >= 0.3 is 5.97 Å². The molecule has 0 atom stereocenters. The van der Waals surface area contributed by atoms with Gasteiger partial charge in [-0.2, -0.15) is 5.10 Å². The van der Waals surface area contributed by atoms with Crippen molar-refractivity contribution in [3.8, 4) is 0 Å². The molecule has 0 N–H and O–H groups in total. The van der Waals surface area contributed by atoms with Crippen molar-refractivity contribution in [3.05, 3.63) is 52.8 Å². The van der Waals surface area contributed by atoms with E-state index in [1.165, 1.54) is 16.8 Å². The summed E-state index contributed by atoms with van der Waals surface area (Å²) in [6, 6.07) is 9.74. The smallest absolute Gasteiger partial charge is 0.306 e. The maximum absolute atomic E-state index is 12.3. The predicted molar refractivity (Wildman–Crippen MR) is 112 cm³/mol. The highest BCUT2D eigenvalue weighted by molar-refractivity contribution is 7.98. The minimum atomic E-state index is -0.419. The Hall–Kier alpha value is -2.74. The van der Waals surface area contributed by atoms with Crippen LogP contribution in [0.25, 0.3) is 0 Å². The Bertz CT molecular complexity index is 908. The molecular weight excluding hydrogens is 388 g/mol. The van der Waals surface area contributed by atoms with Crippen LogP contribution in [0.4, 0.5) is 0 Å². The summed E-state index contributed by atoms with van der Waals surface area (Å²) in [5.74, 6) is -0.734. The van der Waals surface area contributed by atoms with Gasteiger partial charge < -0.3 is 4.74 Å². The van der Waals surface area contributed by atoms with E-state index in [-0.39, 0.29) is 18.9 Å². The Morgan fingerprint density at radius 1 is 1.14 bits per heavy atom. The van der Waals surface area contributed by atoms with Gasteiger partial charge in [-0.15, -0.1) is 0 Å². The summed E-state index contributed by atoms with van der Waals surface area (Å²) in [4.78, 5) is 33.2. The Labute approximate surface area is 174 Å². The largest absolute Gasteiger partial charge is 0.455 e. The normalized spacial score (nSPS) is 13.3. The van der Waals surface area contributed by atoms with E-state index in [9.17, 15) is 9.59 Å². The van der Waals surface area contributed by atoms with E-state index in [0.29, 0.717) is 19.4 Å². The summed E-state index contributed by atoms with van der Waals surface area (Å²) in [7, 11) is 0. The predicted octanol–water partition coefficient (Wildman–Crippen LogP) is 2.93. The van der Waals surface area contributed by atoms with Crippen LogP contribution in [0, 0.1) is 13.8 Å². The summed E-state index contributed by atoms with van der Waals surface area (Å²) in [5, 5.41) is 6.45. The van der Waals surface area contributed by atoms with Gasteiger partial charge in [0.05, 0.1) is 12.3 Å². The molecule has 1 amide bonds. The SMILES string of the molecule is CSc1nc(C)c(CCC(=O)OCC(=O)N2CCC(c3ccccc3)=N2)c(C)n1. The number of hydrogen-bond donors (Lipinski definition) is 0. The highest BCUT2D eigenvalue weighted by Crippen LogP contribution is 2.17. The molecule has 8 heteroatoms. The number of aromatic nitrogens is 2. The number of esters is 1. The Morgan fingerprint density at radius 3 is 2.48 bits per heavy atom. The number of carbonyl (C=O) groups excluding carboxylic acids is 2. The number of aryl methyl sites for hydroxylation is 2. The fourth-order valence-electron chi connectivity index (χ4n) is 3.15. The Balaban J connectivity index is 1.49. The van der Waals surface area contributed by atoms with Gasteiger partial charge in [0.15, 0.2) is 11.8 Å². The lowest BCUT2D eigenvalue weighted by Crippen LogP contribution is -2.28. The van der Waals surface area contributed by atoms with Crippen LogP contribution in [0.3, 0.4) is 0 Å². The highest BCUT2D eigenvalue weighted by atomic mass is 32.2. The lowest BCUT2D eigenvalue weighted by molar-refractivity contribution is -0.151. The number of ether oxygens (including phenoxy) is 1. The molecule has 0 saturated carbocycles. The molecule has 0 fully saturated rings. The number of amides is 1. The number of benzene rings is 1. The van der Waals surface area contributed by atoms with Crippen LogP contribution in [-0.4, -0.2) is 52.0 Å². The fraction of sp³-hybridized carbons (Fsp3) is 0.381. The first-order valence-electron chi connectivity index (χ1n) is 9.45. The summed E-state index contributed by atoms with van der Waals surface area (Å²) < 4.78 is 5.16. The number of nitrogens with zero attached hydrogens (tertiary/aromatic N) is 4. The van der Waals surface area contributed by atoms with Gasteiger partial charge in [-0.3, -0.25) is 9.59 Å². The van der Waals surface area contributed by atoms with Crippen LogP contribution in [0.2, 0.25) is 0 Å². The zero-order valence-corrected chi connectivity index (χ0v) is 17.7. The van der Waals surface area contributed by atoms with E-state index in [4.69, 9.17) is 4.74 Å². The molecule has 7 nitrogen and oxygen atoms in total. The first-order valence-corrected chi connectivity index (χ1v) is 10.7. The first kappa shape index (κ1) is 21.0. The number of carbonyl (C=O) groups is 2. The molecule has 3 rings (SSSR count). The molecule has 2 heterocycles. The molecule has 0 radical (unpaired) electrons. The Kier molecular flexibility index (Phi) is 6.98. The third kappa shape index (κ3) is 5.41. The number of rotatable bonds is 7. The molecule has 29 heavy (non-hydrogen) atoms. The molecule has 0 bridgehead atoms. The third-order valence-corrected chi connectivity index (χ3v) is 5.26. The second-order valence-electron chi connectivity index (χ2n) is 6.70. The van der Waals surface area contributed by atoms with E-state index in [0.717, 1.165) is 33.4 Å². The van der Waals surface area contributed by atoms with Gasteiger partial charge in [-0.1, -0.05) is 42.1 Å². The quantitative estimate of drug-likeness (QED) is 0.395. The van der Waals surface area contributed by atoms with Crippen LogP contribution in [0.5, 0.6) is 0 Å². The molecule has 1 aliphatic rings. The molecule has 0 unspecified atom stereocenters. The van der Waals surface area contributed by atoms with Crippen LogP contribution in [0.15, 0.2) is 40.6 Å². The summed E-state index contributed by atoms with van der Waals surface area (Å²) in [5.41, 5.74) is 4.55. The average molecular weight is 413 g/mol. The van der Waals surface area contributed by atoms with Crippen LogP contribution in [0.1, 0.15) is 35.4 Å². The minimum Gasteiger partial charge on any atom is -0.455 e. The summed E-state index contributed by atoms with van der Waals surface area (Å²) in [6.07, 6.45) is 3.28. The monoisotopic (exact) mass is 412 g/mol. The van der Waals surface area contributed by atoms with E-state index in [1.807, 2.05) is 50.4 Å². The molecule has 1 aromatic heterocycles. The molecule has 2 aromatic rings. The Morgan fingerprint density at radius 2 is 1.83 bits per heavy atom. The zero-order valence-electron chi connectivity index (χ0n) is 16.8. The molecule has 0 saturated heterocycles. The maximum Gasteiger partial charge on any atom is 0.306 e. The van der Waals surface area contributed by atoms with E-state index < -0.39 is 5.97 Å². The van der Waals surface area contributed by atoms with Crippen molar-refractivity contribution in [1.82, 2.24) is 15.0 Å². The van der Waals surface area contributed by atoms with Gasteiger partial charge in [0.1, 0.15) is 0 Å². The first-order chi connectivity index (χ1) is 14.0. The standard InChI is InChI=1S/C21H24N4O3S/c1-14-17(15(2)23-21(22-14)29-3)9-10-20(27)28-13-19(26)25-12-11-18(24-25)16-7-5-4-6-8-16/h4-8H,9-13H2,1-3H3. The molecule has 0 spiro atoms.